The molecule has 138 valence electrons. The first-order valence-electron chi connectivity index (χ1n) is 8.39. The van der Waals surface area contributed by atoms with Crippen molar-refractivity contribution in [3.8, 4) is 11.5 Å². The third kappa shape index (κ3) is 3.37. The summed E-state index contributed by atoms with van der Waals surface area (Å²) in [5, 5.41) is 0. The number of methoxy groups -OCH3 is 2. The zero-order valence-electron chi connectivity index (χ0n) is 15.2. The lowest BCUT2D eigenvalue weighted by Crippen LogP contribution is -2.50. The van der Waals surface area contributed by atoms with Crippen LogP contribution in [-0.2, 0) is 0 Å². The van der Waals surface area contributed by atoms with E-state index >= 15 is 0 Å². The van der Waals surface area contributed by atoms with Gasteiger partial charge in [0.25, 0.3) is 11.8 Å². The van der Waals surface area contributed by atoms with E-state index in [1.165, 1.54) is 6.26 Å². The van der Waals surface area contributed by atoms with Crippen LogP contribution in [0.5, 0.6) is 11.5 Å². The fourth-order valence-corrected chi connectivity index (χ4v) is 3.06. The average molecular weight is 358 g/mol. The van der Waals surface area contributed by atoms with Gasteiger partial charge in [-0.25, -0.2) is 0 Å². The van der Waals surface area contributed by atoms with E-state index < -0.39 is 0 Å². The number of nitrogens with zero attached hydrogens (tertiary/aromatic N) is 2. The van der Waals surface area contributed by atoms with E-state index in [1.807, 2.05) is 6.92 Å². The van der Waals surface area contributed by atoms with Crippen molar-refractivity contribution in [1.29, 1.82) is 0 Å². The maximum absolute atomic E-state index is 12.8. The fourth-order valence-electron chi connectivity index (χ4n) is 3.06. The predicted octanol–water partition coefficient (Wildman–Crippen LogP) is 2.20. The highest BCUT2D eigenvalue weighted by atomic mass is 16.5. The summed E-state index contributed by atoms with van der Waals surface area (Å²) in [5.74, 6) is 1.28. The molecule has 3 rings (SSSR count). The molecule has 0 saturated carbocycles. The molecule has 0 atom stereocenters. The first kappa shape index (κ1) is 17.8. The molecule has 1 fully saturated rings. The monoisotopic (exact) mass is 358 g/mol. The second-order valence-electron chi connectivity index (χ2n) is 6.07. The highest BCUT2D eigenvalue weighted by Gasteiger charge is 2.27. The van der Waals surface area contributed by atoms with Crippen LogP contribution in [0.4, 0.5) is 0 Å². The van der Waals surface area contributed by atoms with Crippen LogP contribution in [0.2, 0.25) is 0 Å². The summed E-state index contributed by atoms with van der Waals surface area (Å²) < 4.78 is 15.8. The molecule has 0 aliphatic carbocycles. The molecular formula is C19H22N2O5. The molecule has 7 heteroatoms. The van der Waals surface area contributed by atoms with Crippen LogP contribution in [0, 0.1) is 6.92 Å². The molecule has 1 saturated heterocycles. The van der Waals surface area contributed by atoms with E-state index in [9.17, 15) is 9.59 Å². The number of hydrogen-bond donors (Lipinski definition) is 0. The Morgan fingerprint density at radius 3 is 1.96 bits per heavy atom. The second-order valence-corrected chi connectivity index (χ2v) is 6.07. The summed E-state index contributed by atoms with van der Waals surface area (Å²) in [6, 6.07) is 6.77. The highest BCUT2D eigenvalue weighted by molar-refractivity contribution is 5.96. The summed E-state index contributed by atoms with van der Waals surface area (Å²) in [6.45, 7) is 3.73. The summed E-state index contributed by atoms with van der Waals surface area (Å²) in [7, 11) is 3.13. The van der Waals surface area contributed by atoms with Crippen molar-refractivity contribution in [1.82, 2.24) is 9.80 Å². The van der Waals surface area contributed by atoms with Crippen LogP contribution in [0.3, 0.4) is 0 Å². The number of hydrogen-bond acceptors (Lipinski definition) is 5. The van der Waals surface area contributed by atoms with Crippen molar-refractivity contribution in [2.24, 2.45) is 0 Å². The molecule has 1 aliphatic rings. The van der Waals surface area contributed by atoms with Gasteiger partial charge < -0.3 is 23.7 Å². The van der Waals surface area contributed by atoms with E-state index in [0.29, 0.717) is 49.0 Å². The van der Waals surface area contributed by atoms with Gasteiger partial charge in [0.2, 0.25) is 0 Å². The number of furan rings is 1. The van der Waals surface area contributed by atoms with Gasteiger partial charge in [0.1, 0.15) is 11.5 Å². The molecule has 1 aromatic heterocycles. The molecule has 1 aromatic carbocycles. The first-order valence-corrected chi connectivity index (χ1v) is 8.39. The van der Waals surface area contributed by atoms with Crippen molar-refractivity contribution in [2.45, 2.75) is 6.92 Å². The number of piperazine rings is 1. The van der Waals surface area contributed by atoms with Crippen LogP contribution in [0.15, 0.2) is 34.9 Å². The zero-order chi connectivity index (χ0) is 18.7. The molecule has 0 bridgehead atoms. The lowest BCUT2D eigenvalue weighted by Gasteiger charge is -2.34. The molecule has 0 radical (unpaired) electrons. The Hall–Kier alpha value is -2.96. The highest BCUT2D eigenvalue weighted by Crippen LogP contribution is 2.30. The number of amides is 2. The molecule has 0 spiro atoms. The van der Waals surface area contributed by atoms with Crippen molar-refractivity contribution >= 4 is 11.8 Å². The Labute approximate surface area is 152 Å². The van der Waals surface area contributed by atoms with Crippen molar-refractivity contribution in [3.05, 3.63) is 47.4 Å². The molecule has 1 aliphatic heterocycles. The Morgan fingerprint density at radius 1 is 0.962 bits per heavy atom. The van der Waals surface area contributed by atoms with Crippen molar-refractivity contribution in [3.63, 3.8) is 0 Å². The first-order chi connectivity index (χ1) is 12.5. The smallest absolute Gasteiger partial charge is 0.289 e. The van der Waals surface area contributed by atoms with Gasteiger partial charge in [-0.15, -0.1) is 0 Å². The second kappa shape index (κ2) is 7.51. The van der Waals surface area contributed by atoms with Crippen LogP contribution >= 0.6 is 0 Å². The van der Waals surface area contributed by atoms with Crippen LogP contribution < -0.4 is 9.47 Å². The van der Waals surface area contributed by atoms with Gasteiger partial charge in [0.05, 0.1) is 20.5 Å². The van der Waals surface area contributed by atoms with Crippen molar-refractivity contribution < 1.29 is 23.5 Å². The maximum Gasteiger partial charge on any atom is 0.289 e. The van der Waals surface area contributed by atoms with E-state index in [2.05, 4.69) is 0 Å². The summed E-state index contributed by atoms with van der Waals surface area (Å²) in [4.78, 5) is 28.6. The SMILES string of the molecule is COc1cc(C(=O)N2CCN(C(=O)c3ccco3)CC2)cc(OC)c1C. The van der Waals surface area contributed by atoms with Gasteiger partial charge in [-0.05, 0) is 31.2 Å². The van der Waals surface area contributed by atoms with E-state index in [4.69, 9.17) is 13.9 Å². The number of rotatable bonds is 4. The molecule has 2 amide bonds. The lowest BCUT2D eigenvalue weighted by molar-refractivity contribution is 0.0518. The van der Waals surface area contributed by atoms with Gasteiger partial charge in [-0.1, -0.05) is 0 Å². The van der Waals surface area contributed by atoms with E-state index in [0.717, 1.165) is 5.56 Å². The minimum absolute atomic E-state index is 0.105. The molecule has 0 unspecified atom stereocenters. The molecule has 7 nitrogen and oxygen atoms in total. The summed E-state index contributed by atoms with van der Waals surface area (Å²) in [6.07, 6.45) is 1.48. The molecule has 0 N–H and O–H groups in total. The Morgan fingerprint density at radius 2 is 1.50 bits per heavy atom. The summed E-state index contributed by atoms with van der Waals surface area (Å²) >= 11 is 0. The quantitative estimate of drug-likeness (QED) is 0.838. The number of carbonyl (C=O) groups is 2. The molecular weight excluding hydrogens is 336 g/mol. The van der Waals surface area contributed by atoms with Crippen LogP contribution in [0.25, 0.3) is 0 Å². The van der Waals surface area contributed by atoms with Gasteiger partial charge in [-0.3, -0.25) is 9.59 Å². The largest absolute Gasteiger partial charge is 0.496 e. The normalized spacial score (nSPS) is 14.3. The lowest BCUT2D eigenvalue weighted by atomic mass is 10.1. The minimum atomic E-state index is -0.152. The van der Waals surface area contributed by atoms with E-state index in [1.54, 1.807) is 48.3 Å². The third-order valence-corrected chi connectivity index (χ3v) is 4.59. The van der Waals surface area contributed by atoms with Gasteiger partial charge in [0.15, 0.2) is 5.76 Å². The topological polar surface area (TPSA) is 72.2 Å². The predicted molar refractivity (Wildman–Crippen MR) is 94.8 cm³/mol. The Balaban J connectivity index is 1.70. The third-order valence-electron chi connectivity index (χ3n) is 4.59. The number of ether oxygens (including phenoxy) is 2. The minimum Gasteiger partial charge on any atom is -0.496 e. The van der Waals surface area contributed by atoms with Crippen LogP contribution in [-0.4, -0.2) is 62.0 Å². The fraction of sp³-hybridized carbons (Fsp3) is 0.368. The molecule has 26 heavy (non-hydrogen) atoms. The number of carbonyl (C=O) groups excluding carboxylic acids is 2. The Bertz CT molecular complexity index is 767. The zero-order valence-corrected chi connectivity index (χ0v) is 15.2. The number of benzene rings is 1. The van der Waals surface area contributed by atoms with Gasteiger partial charge >= 0.3 is 0 Å². The Kier molecular flexibility index (Phi) is 5.16. The van der Waals surface area contributed by atoms with Gasteiger partial charge in [-0.2, -0.15) is 0 Å². The molecule has 2 aromatic rings. The molecule has 2 heterocycles. The van der Waals surface area contributed by atoms with E-state index in [-0.39, 0.29) is 11.8 Å². The van der Waals surface area contributed by atoms with Crippen molar-refractivity contribution in [2.75, 3.05) is 40.4 Å². The average Bonchev–Trinajstić information content (AvgIpc) is 3.22. The maximum atomic E-state index is 12.8. The summed E-state index contributed by atoms with van der Waals surface area (Å²) in [5.41, 5.74) is 1.36. The van der Waals surface area contributed by atoms with Gasteiger partial charge in [0, 0.05) is 37.3 Å². The van der Waals surface area contributed by atoms with Crippen LogP contribution in [0.1, 0.15) is 26.5 Å². The standard InChI is InChI=1S/C19H22N2O5/c1-13-16(24-2)11-14(12-17(13)25-3)18(22)20-6-8-21(9-7-20)19(23)15-5-4-10-26-15/h4-5,10-12H,6-9H2,1-3H3.